The summed E-state index contributed by atoms with van der Waals surface area (Å²) < 4.78 is 7.25. The molecule has 0 bridgehead atoms. The van der Waals surface area contributed by atoms with E-state index < -0.39 is 0 Å². The molecule has 1 amide bonds. The van der Waals surface area contributed by atoms with Crippen LogP contribution in [0.1, 0.15) is 32.1 Å². The van der Waals surface area contributed by atoms with Gasteiger partial charge in [0.1, 0.15) is 6.33 Å². The first kappa shape index (κ1) is 17.2. The summed E-state index contributed by atoms with van der Waals surface area (Å²) in [4.78, 5) is 27.8. The Morgan fingerprint density at radius 1 is 1.19 bits per heavy atom. The summed E-state index contributed by atoms with van der Waals surface area (Å²) in [5, 5.41) is 3.17. The monoisotopic (exact) mass is 358 g/mol. The van der Waals surface area contributed by atoms with Gasteiger partial charge in [0.15, 0.2) is 17.0 Å². The van der Waals surface area contributed by atoms with Gasteiger partial charge < -0.3 is 19.5 Å². The van der Waals surface area contributed by atoms with Crippen LogP contribution >= 0.6 is 0 Å². The fraction of sp³-hybridized carbons (Fsp3) is 0.667. The molecule has 0 aliphatic carbocycles. The van der Waals surface area contributed by atoms with E-state index in [-0.39, 0.29) is 11.9 Å². The summed E-state index contributed by atoms with van der Waals surface area (Å²) in [6.45, 7) is 3.31. The van der Waals surface area contributed by atoms with Gasteiger partial charge in [-0.3, -0.25) is 4.79 Å². The van der Waals surface area contributed by atoms with Crippen LogP contribution in [-0.2, 0) is 16.6 Å². The van der Waals surface area contributed by atoms with Crippen LogP contribution in [0.3, 0.4) is 0 Å². The van der Waals surface area contributed by atoms with E-state index in [0.29, 0.717) is 12.3 Å². The number of carbonyl (C=O) groups is 1. The number of aryl methyl sites for hydroxylation is 1. The molecule has 2 fully saturated rings. The molecule has 2 aromatic rings. The fourth-order valence-electron chi connectivity index (χ4n) is 3.90. The molecule has 8 nitrogen and oxygen atoms in total. The Kier molecular flexibility index (Phi) is 5.01. The maximum atomic E-state index is 12.3. The van der Waals surface area contributed by atoms with Crippen molar-refractivity contribution in [2.45, 2.75) is 38.1 Å². The number of aromatic nitrogens is 4. The number of rotatable bonds is 4. The van der Waals surface area contributed by atoms with E-state index in [0.717, 1.165) is 69.0 Å². The molecule has 0 unspecified atom stereocenters. The highest BCUT2D eigenvalue weighted by Gasteiger charge is 2.25. The molecule has 0 radical (unpaired) electrons. The number of imidazole rings is 1. The Hall–Kier alpha value is -2.22. The van der Waals surface area contributed by atoms with E-state index in [1.807, 2.05) is 11.6 Å². The molecule has 0 atom stereocenters. The number of fused-ring (bicyclic) bond motifs is 1. The van der Waals surface area contributed by atoms with Crippen molar-refractivity contribution in [1.82, 2.24) is 24.8 Å². The number of hydrogen-bond acceptors (Lipinski definition) is 6. The molecule has 2 saturated heterocycles. The molecule has 0 saturated carbocycles. The van der Waals surface area contributed by atoms with Crippen molar-refractivity contribution in [3.05, 3.63) is 12.7 Å². The predicted molar refractivity (Wildman–Crippen MR) is 97.8 cm³/mol. The van der Waals surface area contributed by atoms with Gasteiger partial charge in [-0.1, -0.05) is 0 Å². The minimum atomic E-state index is 0.185. The third kappa shape index (κ3) is 3.65. The van der Waals surface area contributed by atoms with Crippen molar-refractivity contribution in [1.29, 1.82) is 0 Å². The van der Waals surface area contributed by atoms with Crippen LogP contribution < -0.4 is 10.2 Å². The maximum Gasteiger partial charge on any atom is 0.220 e. The second-order valence-corrected chi connectivity index (χ2v) is 7.31. The highest BCUT2D eigenvalue weighted by Crippen LogP contribution is 2.27. The SMILES string of the molecule is Cn1cnc2c(N3CCC(CC(=O)NC4CCOCC4)CC3)ncnc21. The first-order valence-corrected chi connectivity index (χ1v) is 9.45. The Morgan fingerprint density at radius 3 is 2.73 bits per heavy atom. The van der Waals surface area contributed by atoms with Gasteiger partial charge in [-0.25, -0.2) is 15.0 Å². The molecule has 140 valence electrons. The summed E-state index contributed by atoms with van der Waals surface area (Å²) in [6, 6.07) is 0.287. The lowest BCUT2D eigenvalue weighted by Crippen LogP contribution is -2.41. The zero-order valence-corrected chi connectivity index (χ0v) is 15.2. The summed E-state index contributed by atoms with van der Waals surface area (Å²) in [6.07, 6.45) is 7.85. The molecule has 2 aliphatic rings. The lowest BCUT2D eigenvalue weighted by atomic mass is 9.93. The fourth-order valence-corrected chi connectivity index (χ4v) is 3.90. The lowest BCUT2D eigenvalue weighted by Gasteiger charge is -2.33. The number of amides is 1. The van der Waals surface area contributed by atoms with Crippen molar-refractivity contribution in [3.63, 3.8) is 0 Å². The average molecular weight is 358 g/mol. The van der Waals surface area contributed by atoms with Gasteiger partial charge in [-0.2, -0.15) is 0 Å². The largest absolute Gasteiger partial charge is 0.381 e. The molecule has 0 aromatic carbocycles. The summed E-state index contributed by atoms with van der Waals surface area (Å²) >= 11 is 0. The van der Waals surface area contributed by atoms with E-state index in [1.54, 1.807) is 12.7 Å². The van der Waals surface area contributed by atoms with Gasteiger partial charge in [0.25, 0.3) is 0 Å². The third-order valence-electron chi connectivity index (χ3n) is 5.45. The molecule has 8 heteroatoms. The standard InChI is InChI=1S/C18H26N6O2/c1-23-12-21-16-17(23)19-11-20-18(16)24-6-2-13(3-7-24)10-15(25)22-14-4-8-26-9-5-14/h11-14H,2-10H2,1H3,(H,22,25). The maximum absolute atomic E-state index is 12.3. The Balaban J connectivity index is 1.31. The Morgan fingerprint density at radius 2 is 1.96 bits per heavy atom. The number of piperidine rings is 1. The van der Waals surface area contributed by atoms with Crippen molar-refractivity contribution < 1.29 is 9.53 Å². The van der Waals surface area contributed by atoms with Crippen molar-refractivity contribution >= 4 is 22.9 Å². The zero-order chi connectivity index (χ0) is 17.9. The minimum absolute atomic E-state index is 0.185. The molecule has 26 heavy (non-hydrogen) atoms. The van der Waals surface area contributed by atoms with Crippen molar-refractivity contribution in [3.8, 4) is 0 Å². The van der Waals surface area contributed by atoms with E-state index in [4.69, 9.17) is 4.74 Å². The molecular formula is C18H26N6O2. The van der Waals surface area contributed by atoms with Crippen LogP contribution in [0.5, 0.6) is 0 Å². The van der Waals surface area contributed by atoms with Crippen LogP contribution in [0.2, 0.25) is 0 Å². The van der Waals surface area contributed by atoms with E-state index in [9.17, 15) is 4.79 Å². The van der Waals surface area contributed by atoms with E-state index in [1.165, 1.54) is 0 Å². The number of nitrogens with one attached hydrogen (secondary N) is 1. The molecule has 4 heterocycles. The quantitative estimate of drug-likeness (QED) is 0.886. The molecule has 4 rings (SSSR count). The topological polar surface area (TPSA) is 85.2 Å². The number of hydrogen-bond donors (Lipinski definition) is 1. The van der Waals surface area contributed by atoms with Gasteiger partial charge in [0, 0.05) is 45.8 Å². The normalized spacial score (nSPS) is 19.8. The molecule has 2 aromatic heterocycles. The van der Waals surface area contributed by atoms with Gasteiger partial charge >= 0.3 is 0 Å². The minimum Gasteiger partial charge on any atom is -0.381 e. The number of carbonyl (C=O) groups excluding carboxylic acids is 1. The molecule has 2 aliphatic heterocycles. The Bertz CT molecular complexity index is 762. The van der Waals surface area contributed by atoms with Gasteiger partial charge in [-0.15, -0.1) is 0 Å². The summed E-state index contributed by atoms with van der Waals surface area (Å²) in [5.74, 6) is 1.53. The number of ether oxygens (including phenoxy) is 1. The van der Waals surface area contributed by atoms with E-state index >= 15 is 0 Å². The highest BCUT2D eigenvalue weighted by atomic mass is 16.5. The van der Waals surface area contributed by atoms with Crippen LogP contribution in [0.25, 0.3) is 11.2 Å². The summed E-state index contributed by atoms with van der Waals surface area (Å²) in [5.41, 5.74) is 1.71. The van der Waals surface area contributed by atoms with Crippen LogP contribution in [0.15, 0.2) is 12.7 Å². The third-order valence-corrected chi connectivity index (χ3v) is 5.45. The van der Waals surface area contributed by atoms with E-state index in [2.05, 4.69) is 25.2 Å². The second kappa shape index (κ2) is 7.57. The predicted octanol–water partition coefficient (Wildman–Crippen LogP) is 1.26. The summed E-state index contributed by atoms with van der Waals surface area (Å²) in [7, 11) is 1.94. The zero-order valence-electron chi connectivity index (χ0n) is 15.2. The van der Waals surface area contributed by atoms with Gasteiger partial charge in [0.2, 0.25) is 5.91 Å². The lowest BCUT2D eigenvalue weighted by molar-refractivity contribution is -0.123. The van der Waals surface area contributed by atoms with Gasteiger partial charge in [-0.05, 0) is 31.6 Å². The number of anilines is 1. The molecule has 1 N–H and O–H groups in total. The van der Waals surface area contributed by atoms with Crippen molar-refractivity contribution in [2.75, 3.05) is 31.2 Å². The van der Waals surface area contributed by atoms with Crippen molar-refractivity contribution in [2.24, 2.45) is 13.0 Å². The first-order valence-electron chi connectivity index (χ1n) is 9.45. The smallest absolute Gasteiger partial charge is 0.220 e. The highest BCUT2D eigenvalue weighted by molar-refractivity contribution is 5.83. The van der Waals surface area contributed by atoms with Crippen LogP contribution in [0.4, 0.5) is 5.82 Å². The van der Waals surface area contributed by atoms with Gasteiger partial charge in [0.05, 0.1) is 6.33 Å². The Labute approximate surface area is 153 Å². The van der Waals surface area contributed by atoms with Crippen LogP contribution in [-0.4, -0.2) is 57.8 Å². The van der Waals surface area contributed by atoms with Crippen LogP contribution in [0, 0.1) is 5.92 Å². The molecule has 0 spiro atoms. The number of nitrogens with zero attached hydrogens (tertiary/aromatic N) is 5. The first-order chi connectivity index (χ1) is 12.7. The molecular weight excluding hydrogens is 332 g/mol. The second-order valence-electron chi connectivity index (χ2n) is 7.31. The average Bonchev–Trinajstić information content (AvgIpc) is 3.04.